The largest absolute Gasteiger partial charge is 0.497 e. The number of aliphatic hydroxyl groups is 1. The van der Waals surface area contributed by atoms with Gasteiger partial charge in [-0.3, -0.25) is 4.79 Å². The number of rotatable bonds is 3. The molecule has 2 fully saturated rings. The zero-order chi connectivity index (χ0) is 16.6. The van der Waals surface area contributed by atoms with Crippen LogP contribution in [0.15, 0.2) is 18.2 Å². The quantitative estimate of drug-likeness (QED) is 0.924. The summed E-state index contributed by atoms with van der Waals surface area (Å²) >= 11 is 0. The molecule has 1 saturated heterocycles. The molecule has 1 aromatic carbocycles. The van der Waals surface area contributed by atoms with Crippen LogP contribution in [0.4, 0.5) is 4.39 Å². The van der Waals surface area contributed by atoms with E-state index in [1.165, 1.54) is 19.2 Å². The molecule has 1 aliphatic carbocycles. The van der Waals surface area contributed by atoms with Gasteiger partial charge < -0.3 is 19.5 Å². The van der Waals surface area contributed by atoms with Crippen molar-refractivity contribution in [2.24, 2.45) is 0 Å². The van der Waals surface area contributed by atoms with Gasteiger partial charge in [0.05, 0.1) is 30.4 Å². The third-order valence-corrected chi connectivity index (χ3v) is 5.23. The Balaban J connectivity index is 1.88. The maximum absolute atomic E-state index is 14.2. The van der Waals surface area contributed by atoms with E-state index in [9.17, 15) is 14.3 Å². The van der Waals surface area contributed by atoms with Crippen molar-refractivity contribution in [2.75, 3.05) is 20.8 Å². The summed E-state index contributed by atoms with van der Waals surface area (Å²) in [4.78, 5) is 14.4. The molecule has 0 unspecified atom stereocenters. The maximum Gasteiger partial charge on any atom is 0.257 e. The number of amides is 1. The molecule has 1 saturated carbocycles. The van der Waals surface area contributed by atoms with Crippen LogP contribution in [0.3, 0.4) is 0 Å². The van der Waals surface area contributed by atoms with Gasteiger partial charge >= 0.3 is 0 Å². The lowest BCUT2D eigenvalue weighted by molar-refractivity contribution is -0.0824. The van der Waals surface area contributed by atoms with E-state index in [1.807, 2.05) is 0 Å². The van der Waals surface area contributed by atoms with Gasteiger partial charge in [0, 0.05) is 19.7 Å². The second-order valence-electron chi connectivity index (χ2n) is 6.31. The first-order valence-electron chi connectivity index (χ1n) is 7.88. The minimum absolute atomic E-state index is 0.0257. The monoisotopic (exact) mass is 323 g/mol. The van der Waals surface area contributed by atoms with Gasteiger partial charge in [-0.1, -0.05) is 0 Å². The van der Waals surface area contributed by atoms with Crippen molar-refractivity contribution in [3.63, 3.8) is 0 Å². The smallest absolute Gasteiger partial charge is 0.257 e. The van der Waals surface area contributed by atoms with Crippen molar-refractivity contribution in [2.45, 2.75) is 43.4 Å². The zero-order valence-electron chi connectivity index (χ0n) is 13.4. The number of methoxy groups -OCH3 is 2. The fourth-order valence-electron chi connectivity index (χ4n) is 3.87. The Morgan fingerprint density at radius 2 is 2.17 bits per heavy atom. The van der Waals surface area contributed by atoms with E-state index < -0.39 is 17.5 Å². The van der Waals surface area contributed by atoms with Crippen molar-refractivity contribution in [1.29, 1.82) is 0 Å². The van der Waals surface area contributed by atoms with E-state index in [0.717, 1.165) is 0 Å². The first-order valence-corrected chi connectivity index (χ1v) is 7.88. The number of fused-ring (bicyclic) bond motifs is 1. The van der Waals surface area contributed by atoms with Crippen molar-refractivity contribution < 1.29 is 23.8 Å². The summed E-state index contributed by atoms with van der Waals surface area (Å²) in [5.74, 6) is -0.580. The molecular weight excluding hydrogens is 301 g/mol. The van der Waals surface area contributed by atoms with Crippen molar-refractivity contribution in [1.82, 2.24) is 4.90 Å². The number of nitrogens with zero attached hydrogens (tertiary/aromatic N) is 1. The first-order chi connectivity index (χ1) is 11.0. The van der Waals surface area contributed by atoms with Crippen LogP contribution >= 0.6 is 0 Å². The number of ether oxygens (including phenoxy) is 2. The normalized spacial score (nSPS) is 30.2. The number of hydrogen-bond acceptors (Lipinski definition) is 4. The Labute approximate surface area is 135 Å². The van der Waals surface area contributed by atoms with E-state index in [1.54, 1.807) is 18.1 Å². The Bertz CT molecular complexity index is 608. The fourth-order valence-corrected chi connectivity index (χ4v) is 3.87. The highest BCUT2D eigenvalue weighted by molar-refractivity contribution is 5.95. The number of likely N-dealkylation sites (tertiary alicyclic amines) is 1. The molecule has 0 radical (unpaired) electrons. The van der Waals surface area contributed by atoms with Crippen LogP contribution < -0.4 is 4.74 Å². The highest BCUT2D eigenvalue weighted by Crippen LogP contribution is 2.43. The number of benzene rings is 1. The summed E-state index contributed by atoms with van der Waals surface area (Å²) in [7, 11) is 3.10. The highest BCUT2D eigenvalue weighted by atomic mass is 19.1. The molecule has 1 aliphatic heterocycles. The van der Waals surface area contributed by atoms with Gasteiger partial charge in [0.25, 0.3) is 5.91 Å². The average Bonchev–Trinajstić information content (AvgIpc) is 2.93. The summed E-state index contributed by atoms with van der Waals surface area (Å²) in [6.07, 6.45) is 2.12. The second kappa shape index (κ2) is 6.09. The molecule has 126 valence electrons. The Morgan fingerprint density at radius 1 is 1.39 bits per heavy atom. The predicted molar refractivity (Wildman–Crippen MR) is 82.0 cm³/mol. The van der Waals surface area contributed by atoms with Gasteiger partial charge in [-0.05, 0) is 37.8 Å². The van der Waals surface area contributed by atoms with Crippen LogP contribution in [0.25, 0.3) is 0 Å². The Kier molecular flexibility index (Phi) is 4.29. The molecule has 23 heavy (non-hydrogen) atoms. The summed E-state index contributed by atoms with van der Waals surface area (Å²) in [6.45, 7) is 0.509. The molecule has 6 heteroatoms. The lowest BCUT2D eigenvalue weighted by Gasteiger charge is -2.42. The third kappa shape index (κ3) is 2.70. The molecule has 5 nitrogen and oxygen atoms in total. The zero-order valence-corrected chi connectivity index (χ0v) is 13.4. The molecule has 1 heterocycles. The third-order valence-electron chi connectivity index (χ3n) is 5.23. The minimum Gasteiger partial charge on any atom is -0.497 e. The van der Waals surface area contributed by atoms with Crippen molar-refractivity contribution in [3.8, 4) is 5.75 Å². The van der Waals surface area contributed by atoms with Crippen molar-refractivity contribution >= 4 is 5.91 Å². The van der Waals surface area contributed by atoms with Crippen LogP contribution in [0, 0.1) is 5.82 Å². The highest BCUT2D eigenvalue weighted by Gasteiger charge is 2.52. The molecule has 1 N–H and O–H groups in total. The van der Waals surface area contributed by atoms with E-state index in [0.29, 0.717) is 38.0 Å². The SMILES string of the molecule is COc1ccc(C(=O)N2CC[C@]3(OC)CC[C@@H](O)C[C@H]23)c(F)c1. The average molecular weight is 323 g/mol. The van der Waals surface area contributed by atoms with Gasteiger partial charge in [0.15, 0.2) is 0 Å². The minimum atomic E-state index is -0.597. The molecule has 2 aliphatic rings. The number of carbonyl (C=O) groups is 1. The maximum atomic E-state index is 14.2. The van der Waals surface area contributed by atoms with E-state index in [2.05, 4.69) is 0 Å². The van der Waals surface area contributed by atoms with E-state index in [-0.39, 0.29) is 17.5 Å². The van der Waals surface area contributed by atoms with Crippen LogP contribution in [0.5, 0.6) is 5.75 Å². The first kappa shape index (κ1) is 16.2. The number of halogens is 1. The van der Waals surface area contributed by atoms with Gasteiger partial charge in [-0.15, -0.1) is 0 Å². The number of aliphatic hydroxyl groups excluding tert-OH is 1. The van der Waals surface area contributed by atoms with Crippen LogP contribution in [-0.2, 0) is 4.74 Å². The Morgan fingerprint density at radius 3 is 2.83 bits per heavy atom. The van der Waals surface area contributed by atoms with Crippen molar-refractivity contribution in [3.05, 3.63) is 29.6 Å². The van der Waals surface area contributed by atoms with Gasteiger partial charge in [-0.2, -0.15) is 0 Å². The number of carbonyl (C=O) groups excluding carboxylic acids is 1. The molecule has 0 bridgehead atoms. The van der Waals surface area contributed by atoms with Gasteiger partial charge in [-0.25, -0.2) is 4.39 Å². The number of hydrogen-bond donors (Lipinski definition) is 1. The molecule has 3 atom stereocenters. The summed E-state index contributed by atoms with van der Waals surface area (Å²) in [5, 5.41) is 9.98. The molecule has 1 aromatic rings. The van der Waals surface area contributed by atoms with Gasteiger partial charge in [0.1, 0.15) is 11.6 Å². The molecule has 3 rings (SSSR count). The molecule has 0 aromatic heterocycles. The van der Waals surface area contributed by atoms with Crippen LogP contribution in [0.1, 0.15) is 36.0 Å². The molecule has 1 amide bonds. The summed E-state index contributed by atoms with van der Waals surface area (Å²) in [6, 6.07) is 4.02. The van der Waals surface area contributed by atoms with E-state index >= 15 is 0 Å². The lowest BCUT2D eigenvalue weighted by Crippen LogP contribution is -2.52. The molecule has 0 spiro atoms. The second-order valence-corrected chi connectivity index (χ2v) is 6.31. The predicted octanol–water partition coefficient (Wildman–Crippen LogP) is 1.98. The topological polar surface area (TPSA) is 59.0 Å². The summed E-state index contributed by atoms with van der Waals surface area (Å²) < 4.78 is 24.9. The van der Waals surface area contributed by atoms with Crippen LogP contribution in [-0.4, -0.2) is 54.4 Å². The summed E-state index contributed by atoms with van der Waals surface area (Å²) in [5.41, 5.74) is -0.393. The van der Waals surface area contributed by atoms with Gasteiger partial charge in [0.2, 0.25) is 0 Å². The molecular formula is C17H22FNO4. The van der Waals surface area contributed by atoms with E-state index in [4.69, 9.17) is 9.47 Å². The Hall–Kier alpha value is -1.66. The lowest BCUT2D eigenvalue weighted by atomic mass is 9.79. The standard InChI is InChI=1S/C17H22FNO4/c1-22-12-3-4-13(14(18)10-12)16(21)19-8-7-17(23-2)6-5-11(20)9-15(17)19/h3-4,10-11,15,20H,5-9H2,1-2H3/t11-,15+,17-/m1/s1. The fraction of sp³-hybridized carbons (Fsp3) is 0.588. The van der Waals surface area contributed by atoms with Crippen LogP contribution in [0.2, 0.25) is 0 Å².